The summed E-state index contributed by atoms with van der Waals surface area (Å²) in [6.07, 6.45) is 0. The van der Waals surface area contributed by atoms with Crippen LogP contribution in [-0.2, 0) is 0 Å². The van der Waals surface area contributed by atoms with Gasteiger partial charge in [-0.25, -0.2) is 9.18 Å². The number of carbonyl (C=O) groups excluding carboxylic acids is 2. The van der Waals surface area contributed by atoms with Crippen LogP contribution < -0.4 is 10.2 Å². The Balaban J connectivity index is 1.58. The molecule has 2 aromatic carbocycles. The molecule has 30 heavy (non-hydrogen) atoms. The van der Waals surface area contributed by atoms with Crippen LogP contribution in [0, 0.1) is 15.9 Å². The number of anilines is 1. The number of hydrogen-bond donors (Lipinski definition) is 1. The monoisotopic (exact) mass is 414 g/mol. The van der Waals surface area contributed by atoms with Crippen molar-refractivity contribution >= 4 is 23.2 Å². The Morgan fingerprint density at radius 1 is 1.13 bits per heavy atom. The molecule has 1 fully saturated rings. The standard InChI is InChI=1S/C21H23FN4O4/c1-14(16-4-3-5-18(12-16)26(29)30)23-21(28)25-10-8-24(9-11-25)20-7-6-17(15(2)27)13-19(20)22/h3-7,12-14H,8-11H2,1-2H3,(H,23,28). The lowest BCUT2D eigenvalue weighted by Crippen LogP contribution is -2.52. The molecular formula is C21H23FN4O4. The first-order valence-corrected chi connectivity index (χ1v) is 9.61. The molecule has 1 N–H and O–H groups in total. The van der Waals surface area contributed by atoms with Crippen molar-refractivity contribution < 1.29 is 18.9 Å². The number of rotatable bonds is 5. The molecule has 1 unspecified atom stereocenters. The number of piperazine rings is 1. The number of urea groups is 1. The molecule has 8 nitrogen and oxygen atoms in total. The second-order valence-electron chi connectivity index (χ2n) is 7.22. The molecule has 1 atom stereocenters. The van der Waals surface area contributed by atoms with Crippen LogP contribution in [0.25, 0.3) is 0 Å². The predicted octanol–water partition coefficient (Wildman–Crippen LogP) is 3.53. The molecule has 0 aliphatic carbocycles. The van der Waals surface area contributed by atoms with Gasteiger partial charge in [-0.15, -0.1) is 0 Å². The minimum atomic E-state index is -0.473. The van der Waals surface area contributed by atoms with Gasteiger partial charge in [-0.05, 0) is 37.6 Å². The van der Waals surface area contributed by atoms with E-state index in [9.17, 15) is 24.1 Å². The first-order chi connectivity index (χ1) is 14.3. The molecule has 1 heterocycles. The van der Waals surface area contributed by atoms with Gasteiger partial charge in [0.05, 0.1) is 16.7 Å². The summed E-state index contributed by atoms with van der Waals surface area (Å²) < 4.78 is 14.4. The first kappa shape index (κ1) is 21.2. The van der Waals surface area contributed by atoms with Gasteiger partial charge in [0.2, 0.25) is 0 Å². The molecule has 0 bridgehead atoms. The minimum absolute atomic E-state index is 0.0277. The second kappa shape index (κ2) is 8.89. The molecule has 0 saturated carbocycles. The van der Waals surface area contributed by atoms with Gasteiger partial charge in [-0.1, -0.05) is 12.1 Å². The number of halogens is 1. The maximum Gasteiger partial charge on any atom is 0.317 e. The van der Waals surface area contributed by atoms with Crippen LogP contribution in [-0.4, -0.2) is 47.8 Å². The molecule has 2 amide bonds. The number of ketones is 1. The summed E-state index contributed by atoms with van der Waals surface area (Å²) in [5.41, 5.74) is 1.35. The Labute approximate surface area is 173 Å². The van der Waals surface area contributed by atoms with Crippen LogP contribution in [0.3, 0.4) is 0 Å². The molecule has 3 rings (SSSR count). The van der Waals surface area contributed by atoms with E-state index in [0.717, 1.165) is 0 Å². The van der Waals surface area contributed by atoms with Crippen molar-refractivity contribution in [3.05, 3.63) is 69.5 Å². The van der Waals surface area contributed by atoms with E-state index in [1.807, 2.05) is 4.90 Å². The molecule has 1 aliphatic heterocycles. The number of non-ortho nitro benzene ring substituents is 1. The Morgan fingerprint density at radius 3 is 2.43 bits per heavy atom. The molecule has 0 radical (unpaired) electrons. The smallest absolute Gasteiger partial charge is 0.317 e. The first-order valence-electron chi connectivity index (χ1n) is 9.61. The lowest BCUT2D eigenvalue weighted by Gasteiger charge is -2.36. The number of amides is 2. The third kappa shape index (κ3) is 4.73. The minimum Gasteiger partial charge on any atom is -0.366 e. The fourth-order valence-corrected chi connectivity index (χ4v) is 3.40. The van der Waals surface area contributed by atoms with Crippen LogP contribution in [0.4, 0.5) is 20.6 Å². The third-order valence-electron chi connectivity index (χ3n) is 5.18. The topological polar surface area (TPSA) is 95.8 Å². The van der Waals surface area contributed by atoms with Crippen LogP contribution >= 0.6 is 0 Å². The number of hydrogen-bond acceptors (Lipinski definition) is 5. The summed E-state index contributed by atoms with van der Waals surface area (Å²) in [7, 11) is 0. The highest BCUT2D eigenvalue weighted by Crippen LogP contribution is 2.23. The van der Waals surface area contributed by atoms with Crippen molar-refractivity contribution in [3.8, 4) is 0 Å². The number of benzene rings is 2. The molecule has 1 aliphatic rings. The zero-order valence-corrected chi connectivity index (χ0v) is 16.8. The summed E-state index contributed by atoms with van der Waals surface area (Å²) in [5, 5.41) is 13.8. The lowest BCUT2D eigenvalue weighted by molar-refractivity contribution is -0.384. The number of nitrogens with zero attached hydrogens (tertiary/aromatic N) is 3. The highest BCUT2D eigenvalue weighted by molar-refractivity contribution is 5.94. The number of nitro groups is 1. The predicted molar refractivity (Wildman–Crippen MR) is 110 cm³/mol. The van der Waals surface area contributed by atoms with Crippen LogP contribution in [0.1, 0.15) is 35.8 Å². The molecule has 0 aromatic heterocycles. The van der Waals surface area contributed by atoms with E-state index in [0.29, 0.717) is 43.0 Å². The van der Waals surface area contributed by atoms with Crippen molar-refractivity contribution in [3.63, 3.8) is 0 Å². The maximum absolute atomic E-state index is 14.4. The zero-order chi connectivity index (χ0) is 21.8. The van der Waals surface area contributed by atoms with Gasteiger partial charge in [0.15, 0.2) is 5.78 Å². The van der Waals surface area contributed by atoms with Crippen molar-refractivity contribution in [2.24, 2.45) is 0 Å². The van der Waals surface area contributed by atoms with E-state index in [-0.39, 0.29) is 17.5 Å². The Kier molecular flexibility index (Phi) is 6.29. The van der Waals surface area contributed by atoms with Gasteiger partial charge in [-0.3, -0.25) is 14.9 Å². The molecule has 1 saturated heterocycles. The van der Waals surface area contributed by atoms with Crippen LogP contribution in [0.2, 0.25) is 0 Å². The van der Waals surface area contributed by atoms with Crippen molar-refractivity contribution in [1.82, 2.24) is 10.2 Å². The Hall–Kier alpha value is -3.49. The number of carbonyl (C=O) groups is 2. The van der Waals surface area contributed by atoms with Gasteiger partial charge < -0.3 is 15.1 Å². The van der Waals surface area contributed by atoms with Gasteiger partial charge in [0.1, 0.15) is 5.82 Å². The van der Waals surface area contributed by atoms with Gasteiger partial charge in [0, 0.05) is 43.9 Å². The molecule has 158 valence electrons. The fraction of sp³-hybridized carbons (Fsp3) is 0.333. The number of nitro benzene ring substituents is 1. The van der Waals surface area contributed by atoms with Gasteiger partial charge in [-0.2, -0.15) is 0 Å². The normalized spacial score (nSPS) is 14.9. The molecular weight excluding hydrogens is 391 g/mol. The summed E-state index contributed by atoms with van der Waals surface area (Å²) in [4.78, 5) is 37.9. The summed E-state index contributed by atoms with van der Waals surface area (Å²) in [5.74, 6) is -0.653. The average Bonchev–Trinajstić information content (AvgIpc) is 2.73. The third-order valence-corrected chi connectivity index (χ3v) is 5.18. The van der Waals surface area contributed by atoms with E-state index in [1.165, 1.54) is 25.1 Å². The Morgan fingerprint density at radius 2 is 1.83 bits per heavy atom. The molecule has 9 heteroatoms. The van der Waals surface area contributed by atoms with E-state index < -0.39 is 16.8 Å². The van der Waals surface area contributed by atoms with Crippen molar-refractivity contribution in [2.45, 2.75) is 19.9 Å². The lowest BCUT2D eigenvalue weighted by atomic mass is 10.1. The van der Waals surface area contributed by atoms with Crippen LogP contribution in [0.15, 0.2) is 42.5 Å². The summed E-state index contributed by atoms with van der Waals surface area (Å²) in [6, 6.07) is 9.90. The largest absolute Gasteiger partial charge is 0.366 e. The Bertz CT molecular complexity index is 973. The molecule has 2 aromatic rings. The number of nitrogens with one attached hydrogen (secondary N) is 1. The van der Waals surface area contributed by atoms with E-state index in [1.54, 1.807) is 36.1 Å². The van der Waals surface area contributed by atoms with Gasteiger partial charge in [0.25, 0.3) is 5.69 Å². The number of Topliss-reactive ketones (excluding diaryl/α,β-unsaturated/α-hetero) is 1. The molecule has 0 spiro atoms. The fourth-order valence-electron chi connectivity index (χ4n) is 3.40. The quantitative estimate of drug-likeness (QED) is 0.459. The van der Waals surface area contributed by atoms with E-state index in [4.69, 9.17) is 0 Å². The maximum atomic E-state index is 14.4. The summed E-state index contributed by atoms with van der Waals surface area (Å²) in [6.45, 7) is 4.87. The SMILES string of the molecule is CC(=O)c1ccc(N2CCN(C(=O)NC(C)c3cccc([N+](=O)[O-])c3)CC2)c(F)c1. The highest BCUT2D eigenvalue weighted by Gasteiger charge is 2.24. The van der Waals surface area contributed by atoms with Crippen molar-refractivity contribution in [1.29, 1.82) is 0 Å². The van der Waals surface area contributed by atoms with E-state index >= 15 is 0 Å². The average molecular weight is 414 g/mol. The summed E-state index contributed by atoms with van der Waals surface area (Å²) >= 11 is 0. The second-order valence-corrected chi connectivity index (χ2v) is 7.22. The van der Waals surface area contributed by atoms with E-state index in [2.05, 4.69) is 5.32 Å². The van der Waals surface area contributed by atoms with Crippen LogP contribution in [0.5, 0.6) is 0 Å². The highest BCUT2D eigenvalue weighted by atomic mass is 19.1. The zero-order valence-electron chi connectivity index (χ0n) is 16.8. The van der Waals surface area contributed by atoms with Gasteiger partial charge >= 0.3 is 6.03 Å². The van der Waals surface area contributed by atoms with Crippen molar-refractivity contribution in [2.75, 3.05) is 31.1 Å².